The molecule has 3 unspecified atom stereocenters. The maximum atomic E-state index is 13.1. The zero-order valence-corrected chi connectivity index (χ0v) is 16.5. The van der Waals surface area contributed by atoms with Crippen LogP contribution in [-0.2, 0) is 4.74 Å². The SMILES string of the molecule is COC(=O)c1cn(C2CCCC(C)C2C)cc2c(=O)n(-c3ccccc3)nc1-2. The molecule has 1 aromatic rings. The van der Waals surface area contributed by atoms with Gasteiger partial charge >= 0.3 is 5.97 Å². The van der Waals surface area contributed by atoms with Crippen molar-refractivity contribution in [1.82, 2.24) is 14.3 Å². The van der Waals surface area contributed by atoms with Crippen molar-refractivity contribution in [3.8, 4) is 16.9 Å². The van der Waals surface area contributed by atoms with E-state index in [4.69, 9.17) is 4.74 Å². The fraction of sp³-hybridized carbons (Fsp3) is 0.409. The molecule has 0 saturated heterocycles. The highest BCUT2D eigenvalue weighted by Crippen LogP contribution is 2.38. The molecule has 6 heteroatoms. The maximum Gasteiger partial charge on any atom is 0.341 e. The van der Waals surface area contributed by atoms with Gasteiger partial charge in [0.25, 0.3) is 5.56 Å². The normalized spacial score (nSPS) is 22.3. The number of nitrogens with zero attached hydrogens (tertiary/aromatic N) is 3. The monoisotopic (exact) mass is 379 g/mol. The summed E-state index contributed by atoms with van der Waals surface area (Å²) in [4.78, 5) is 25.6. The Bertz CT molecular complexity index is 1020. The Hall–Kier alpha value is -2.89. The zero-order chi connectivity index (χ0) is 19.8. The number of hydrogen-bond acceptors (Lipinski definition) is 4. The summed E-state index contributed by atoms with van der Waals surface area (Å²) in [6.45, 7) is 4.51. The summed E-state index contributed by atoms with van der Waals surface area (Å²) in [5.41, 5.74) is 1.60. The van der Waals surface area contributed by atoms with Gasteiger partial charge in [0.1, 0.15) is 11.3 Å². The van der Waals surface area contributed by atoms with Crippen LogP contribution in [0.25, 0.3) is 16.9 Å². The molecule has 3 atom stereocenters. The molecule has 28 heavy (non-hydrogen) atoms. The van der Waals surface area contributed by atoms with Crippen LogP contribution in [-0.4, -0.2) is 27.4 Å². The van der Waals surface area contributed by atoms with Crippen LogP contribution in [0, 0.1) is 11.8 Å². The Morgan fingerprint density at radius 3 is 2.61 bits per heavy atom. The molecule has 0 radical (unpaired) electrons. The minimum atomic E-state index is -0.478. The fourth-order valence-electron chi connectivity index (χ4n) is 4.30. The molecule has 6 nitrogen and oxygen atoms in total. The summed E-state index contributed by atoms with van der Waals surface area (Å²) in [6, 6.07) is 9.49. The van der Waals surface area contributed by atoms with Crippen LogP contribution >= 0.6 is 0 Å². The number of rotatable bonds is 3. The molecule has 0 spiro atoms. The molecular weight excluding hydrogens is 354 g/mol. The van der Waals surface area contributed by atoms with E-state index in [0.29, 0.717) is 34.3 Å². The fourth-order valence-corrected chi connectivity index (χ4v) is 4.30. The third-order valence-electron chi connectivity index (χ3n) is 6.14. The zero-order valence-electron chi connectivity index (χ0n) is 16.5. The molecular formula is C22H25N3O3. The first kappa shape index (κ1) is 18.5. The van der Waals surface area contributed by atoms with Crippen molar-refractivity contribution >= 4 is 5.97 Å². The lowest BCUT2D eigenvalue weighted by Gasteiger charge is -2.36. The van der Waals surface area contributed by atoms with Crippen LogP contribution in [0.15, 0.2) is 47.5 Å². The number of carbonyl (C=O) groups excluding carboxylic acids is 1. The first-order valence-electron chi connectivity index (χ1n) is 9.79. The lowest BCUT2D eigenvalue weighted by molar-refractivity contribution is 0.0599. The molecule has 1 aromatic carbocycles. The lowest BCUT2D eigenvalue weighted by atomic mass is 9.78. The topological polar surface area (TPSA) is 66.1 Å². The van der Waals surface area contributed by atoms with Gasteiger partial charge in [-0.2, -0.15) is 9.78 Å². The number of carbonyl (C=O) groups is 1. The number of ether oxygens (including phenoxy) is 1. The third kappa shape index (κ3) is 3.03. The van der Waals surface area contributed by atoms with Gasteiger partial charge in [0, 0.05) is 18.4 Å². The highest BCUT2D eigenvalue weighted by molar-refractivity contribution is 5.96. The van der Waals surface area contributed by atoms with E-state index in [-0.39, 0.29) is 11.6 Å². The number of para-hydroxylation sites is 1. The van der Waals surface area contributed by atoms with Gasteiger partial charge in [0.05, 0.1) is 18.4 Å². The van der Waals surface area contributed by atoms with Gasteiger partial charge < -0.3 is 9.30 Å². The first-order chi connectivity index (χ1) is 13.5. The standard InChI is InChI=1S/C22H25N3O3/c1-14-8-7-11-19(15(14)2)24-12-17-20(18(13-24)22(27)28-3)23-25(21(17)26)16-9-5-4-6-10-16/h4-6,9-10,12-15,19H,7-8,11H2,1-3H3. The second-order valence-electron chi connectivity index (χ2n) is 7.76. The van der Waals surface area contributed by atoms with Crippen LogP contribution < -0.4 is 5.56 Å². The molecule has 0 N–H and O–H groups in total. The van der Waals surface area contributed by atoms with E-state index in [1.54, 1.807) is 6.20 Å². The number of methoxy groups -OCH3 is 1. The van der Waals surface area contributed by atoms with Gasteiger partial charge in [-0.1, -0.05) is 44.9 Å². The average molecular weight is 379 g/mol. The average Bonchev–Trinajstić information content (AvgIpc) is 3.06. The van der Waals surface area contributed by atoms with Crippen LogP contribution in [0.1, 0.15) is 49.5 Å². The Kier molecular flexibility index (Phi) is 4.79. The highest BCUT2D eigenvalue weighted by atomic mass is 16.5. The summed E-state index contributed by atoms with van der Waals surface area (Å²) in [5, 5.41) is 4.46. The first-order valence-corrected chi connectivity index (χ1v) is 9.79. The van der Waals surface area contributed by atoms with E-state index < -0.39 is 5.97 Å². The van der Waals surface area contributed by atoms with Gasteiger partial charge in [0.2, 0.25) is 0 Å². The Labute approximate surface area is 164 Å². The molecule has 4 rings (SSSR count). The predicted octanol–water partition coefficient (Wildman–Crippen LogP) is 3.92. The summed E-state index contributed by atoms with van der Waals surface area (Å²) < 4.78 is 8.38. The van der Waals surface area contributed by atoms with E-state index in [1.807, 2.05) is 41.1 Å². The van der Waals surface area contributed by atoms with Crippen LogP contribution in [0.4, 0.5) is 0 Å². The van der Waals surface area contributed by atoms with Gasteiger partial charge in [0.15, 0.2) is 0 Å². The molecule has 3 aliphatic rings. The Balaban J connectivity index is 1.92. The van der Waals surface area contributed by atoms with Crippen molar-refractivity contribution in [2.75, 3.05) is 7.11 Å². The number of esters is 1. The molecule has 1 saturated carbocycles. The van der Waals surface area contributed by atoms with E-state index in [9.17, 15) is 9.59 Å². The van der Waals surface area contributed by atoms with Gasteiger partial charge in [-0.05, 0) is 30.4 Å². The van der Waals surface area contributed by atoms with Crippen molar-refractivity contribution in [3.63, 3.8) is 0 Å². The number of pyridine rings is 1. The van der Waals surface area contributed by atoms with Crippen LogP contribution in [0.5, 0.6) is 0 Å². The minimum absolute atomic E-state index is 0.225. The van der Waals surface area contributed by atoms with E-state index in [1.165, 1.54) is 18.2 Å². The summed E-state index contributed by atoms with van der Waals surface area (Å²) in [7, 11) is 1.35. The molecule has 0 amide bonds. The molecule has 1 fully saturated rings. The van der Waals surface area contributed by atoms with Crippen LogP contribution in [0.2, 0.25) is 0 Å². The van der Waals surface area contributed by atoms with Crippen molar-refractivity contribution in [1.29, 1.82) is 0 Å². The smallest absolute Gasteiger partial charge is 0.341 e. The van der Waals surface area contributed by atoms with Crippen molar-refractivity contribution in [2.24, 2.45) is 11.8 Å². The van der Waals surface area contributed by atoms with E-state index in [0.717, 1.165) is 12.8 Å². The largest absolute Gasteiger partial charge is 0.465 e. The number of fused-ring (bicyclic) bond motifs is 1. The van der Waals surface area contributed by atoms with E-state index >= 15 is 0 Å². The molecule has 0 bridgehead atoms. The second kappa shape index (κ2) is 7.26. The number of aromatic nitrogens is 3. The molecule has 2 heterocycles. The van der Waals surface area contributed by atoms with Crippen molar-refractivity contribution < 1.29 is 9.53 Å². The molecule has 2 aliphatic heterocycles. The van der Waals surface area contributed by atoms with Gasteiger partial charge in [-0.3, -0.25) is 4.79 Å². The van der Waals surface area contributed by atoms with Crippen LogP contribution in [0.3, 0.4) is 0 Å². The van der Waals surface area contributed by atoms with Crippen molar-refractivity contribution in [2.45, 2.75) is 39.2 Å². The predicted molar refractivity (Wildman–Crippen MR) is 107 cm³/mol. The summed E-state index contributed by atoms with van der Waals surface area (Å²) >= 11 is 0. The highest BCUT2D eigenvalue weighted by Gasteiger charge is 2.31. The Morgan fingerprint density at radius 2 is 1.89 bits per heavy atom. The minimum Gasteiger partial charge on any atom is -0.465 e. The summed E-state index contributed by atoms with van der Waals surface area (Å²) in [6.07, 6.45) is 7.04. The number of hydrogen-bond donors (Lipinski definition) is 0. The quantitative estimate of drug-likeness (QED) is 0.647. The number of benzene rings is 1. The maximum absolute atomic E-state index is 13.1. The van der Waals surface area contributed by atoms with E-state index in [2.05, 4.69) is 18.9 Å². The third-order valence-corrected chi connectivity index (χ3v) is 6.14. The van der Waals surface area contributed by atoms with Crippen molar-refractivity contribution in [3.05, 3.63) is 58.6 Å². The summed E-state index contributed by atoms with van der Waals surface area (Å²) in [5.74, 6) is 0.580. The molecule has 0 aromatic heterocycles. The van der Waals surface area contributed by atoms with Gasteiger partial charge in [-0.25, -0.2) is 4.79 Å². The Morgan fingerprint density at radius 1 is 1.14 bits per heavy atom. The van der Waals surface area contributed by atoms with Gasteiger partial charge in [-0.15, -0.1) is 0 Å². The lowest BCUT2D eigenvalue weighted by Crippen LogP contribution is -2.28. The second-order valence-corrected chi connectivity index (χ2v) is 7.76. The molecule has 1 aliphatic carbocycles. The molecule has 146 valence electrons.